The van der Waals surface area contributed by atoms with Crippen LogP contribution in [-0.4, -0.2) is 33.8 Å². The molecule has 148 valence electrons. The number of amides is 2. The Morgan fingerprint density at radius 1 is 1.24 bits per heavy atom. The second-order valence-electron chi connectivity index (χ2n) is 6.00. The van der Waals surface area contributed by atoms with Crippen LogP contribution in [0.25, 0.3) is 6.08 Å². The van der Waals surface area contributed by atoms with Crippen molar-refractivity contribution in [1.29, 1.82) is 0 Å². The Kier molecular flexibility index (Phi) is 6.30. The number of carbonyl (C=O) groups is 3. The number of carbonyl (C=O) groups excluding carboxylic acids is 2. The predicted molar refractivity (Wildman–Crippen MR) is 116 cm³/mol. The highest BCUT2D eigenvalue weighted by molar-refractivity contribution is 8.27. The van der Waals surface area contributed by atoms with E-state index in [9.17, 15) is 14.4 Å². The monoisotopic (exact) mass is 428 g/mol. The molecule has 0 bridgehead atoms. The standard InChI is InChI=1S/C20H16N2O5S2/c1-12(23)21-14-5-7-15(8-6-14)22-19(26)17(29-20(22)28)10-13-3-2-4-16(9-13)27-11-18(24)25/h2-10H,11H2,1H3,(H,21,23)(H,24,25)/b17-10+. The number of thioether (sulfide) groups is 1. The van der Waals surface area contributed by atoms with E-state index in [0.717, 1.165) is 0 Å². The second-order valence-corrected chi connectivity index (χ2v) is 7.68. The first-order valence-electron chi connectivity index (χ1n) is 8.44. The third-order valence-electron chi connectivity index (χ3n) is 3.76. The van der Waals surface area contributed by atoms with E-state index >= 15 is 0 Å². The quantitative estimate of drug-likeness (QED) is 0.537. The molecule has 0 aromatic heterocycles. The molecular weight excluding hydrogens is 412 g/mol. The van der Waals surface area contributed by atoms with E-state index in [1.165, 1.54) is 23.6 Å². The number of carboxylic acids is 1. The number of nitrogens with zero attached hydrogens (tertiary/aromatic N) is 1. The molecule has 0 saturated carbocycles. The van der Waals surface area contributed by atoms with Crippen LogP contribution in [0.2, 0.25) is 0 Å². The molecule has 7 nitrogen and oxygen atoms in total. The molecule has 2 amide bonds. The fraction of sp³-hybridized carbons (Fsp3) is 0.100. The Bertz CT molecular complexity index is 1020. The van der Waals surface area contributed by atoms with E-state index in [1.54, 1.807) is 54.6 Å². The van der Waals surface area contributed by atoms with E-state index < -0.39 is 12.6 Å². The number of aliphatic carboxylic acids is 1. The number of hydrogen-bond donors (Lipinski definition) is 2. The Balaban J connectivity index is 1.79. The van der Waals surface area contributed by atoms with Gasteiger partial charge < -0.3 is 15.2 Å². The third kappa shape index (κ3) is 5.21. The van der Waals surface area contributed by atoms with Crippen molar-refractivity contribution in [3.8, 4) is 5.75 Å². The second kappa shape index (κ2) is 8.89. The van der Waals surface area contributed by atoms with Gasteiger partial charge in [0.05, 0.1) is 10.6 Å². The summed E-state index contributed by atoms with van der Waals surface area (Å²) in [6.07, 6.45) is 1.68. The summed E-state index contributed by atoms with van der Waals surface area (Å²) in [5.41, 5.74) is 1.92. The van der Waals surface area contributed by atoms with E-state index in [0.29, 0.717) is 31.9 Å². The Morgan fingerprint density at radius 3 is 2.62 bits per heavy atom. The molecule has 1 aliphatic heterocycles. The summed E-state index contributed by atoms with van der Waals surface area (Å²) in [4.78, 5) is 36.5. The number of thiocarbonyl (C=S) groups is 1. The zero-order valence-electron chi connectivity index (χ0n) is 15.2. The van der Waals surface area contributed by atoms with Gasteiger partial charge in [-0.2, -0.15) is 0 Å². The van der Waals surface area contributed by atoms with Gasteiger partial charge in [0, 0.05) is 12.6 Å². The van der Waals surface area contributed by atoms with E-state index in [4.69, 9.17) is 22.1 Å². The summed E-state index contributed by atoms with van der Waals surface area (Å²) < 4.78 is 5.56. The molecule has 0 atom stereocenters. The minimum absolute atomic E-state index is 0.180. The van der Waals surface area contributed by atoms with Crippen molar-refractivity contribution >= 4 is 63.5 Å². The molecule has 0 unspecified atom stereocenters. The van der Waals surface area contributed by atoms with Gasteiger partial charge in [0.2, 0.25) is 5.91 Å². The average Bonchev–Trinajstić information content (AvgIpc) is 2.94. The molecule has 0 aliphatic carbocycles. The number of nitrogens with one attached hydrogen (secondary N) is 1. The van der Waals surface area contributed by atoms with Crippen LogP contribution in [0.3, 0.4) is 0 Å². The van der Waals surface area contributed by atoms with E-state index in [2.05, 4.69) is 5.32 Å². The van der Waals surface area contributed by atoms with Crippen LogP contribution in [0.1, 0.15) is 12.5 Å². The fourth-order valence-electron chi connectivity index (χ4n) is 2.58. The maximum Gasteiger partial charge on any atom is 0.341 e. The lowest BCUT2D eigenvalue weighted by Crippen LogP contribution is -2.27. The molecule has 9 heteroatoms. The molecule has 1 aliphatic rings. The minimum atomic E-state index is -1.07. The van der Waals surface area contributed by atoms with E-state index in [1.807, 2.05) is 0 Å². The van der Waals surface area contributed by atoms with Gasteiger partial charge in [-0.25, -0.2) is 4.79 Å². The van der Waals surface area contributed by atoms with Gasteiger partial charge in [0.25, 0.3) is 5.91 Å². The Morgan fingerprint density at radius 2 is 1.97 bits per heavy atom. The fourth-order valence-corrected chi connectivity index (χ4v) is 3.88. The SMILES string of the molecule is CC(=O)Nc1ccc(N2C(=O)/C(=C\c3cccc(OCC(=O)O)c3)SC2=S)cc1. The first-order valence-corrected chi connectivity index (χ1v) is 9.66. The number of carboxylic acid groups (broad SMARTS) is 1. The highest BCUT2D eigenvalue weighted by atomic mass is 32.2. The number of hydrogen-bond acceptors (Lipinski definition) is 6. The molecule has 2 aromatic carbocycles. The smallest absolute Gasteiger partial charge is 0.341 e. The third-order valence-corrected chi connectivity index (χ3v) is 5.06. The first kappa shape index (κ1) is 20.6. The topological polar surface area (TPSA) is 95.9 Å². The zero-order valence-corrected chi connectivity index (χ0v) is 16.9. The molecule has 29 heavy (non-hydrogen) atoms. The van der Waals surface area contributed by atoms with Crippen molar-refractivity contribution in [3.63, 3.8) is 0 Å². The van der Waals surface area contributed by atoms with Gasteiger partial charge in [-0.05, 0) is 48.0 Å². The minimum Gasteiger partial charge on any atom is -0.482 e. The summed E-state index contributed by atoms with van der Waals surface area (Å²) in [6, 6.07) is 13.6. The van der Waals surface area contributed by atoms with Crippen LogP contribution in [0.15, 0.2) is 53.4 Å². The van der Waals surface area contributed by atoms with Crippen LogP contribution in [-0.2, 0) is 14.4 Å². The molecule has 2 aromatic rings. The van der Waals surface area contributed by atoms with Crippen molar-refractivity contribution < 1.29 is 24.2 Å². The Labute approximate surface area is 176 Å². The van der Waals surface area contributed by atoms with Crippen molar-refractivity contribution in [2.75, 3.05) is 16.8 Å². The van der Waals surface area contributed by atoms with Gasteiger partial charge >= 0.3 is 5.97 Å². The summed E-state index contributed by atoms with van der Waals surface area (Å²) in [6.45, 7) is 0.975. The predicted octanol–water partition coefficient (Wildman–Crippen LogP) is 3.51. The summed E-state index contributed by atoms with van der Waals surface area (Å²) in [7, 11) is 0. The summed E-state index contributed by atoms with van der Waals surface area (Å²) >= 11 is 6.53. The van der Waals surface area contributed by atoms with Crippen LogP contribution < -0.4 is 15.0 Å². The molecule has 2 N–H and O–H groups in total. The largest absolute Gasteiger partial charge is 0.482 e. The Hall–Kier alpha value is -3.17. The number of rotatable bonds is 6. The van der Waals surface area contributed by atoms with Gasteiger partial charge in [-0.3, -0.25) is 14.5 Å². The highest BCUT2D eigenvalue weighted by Gasteiger charge is 2.33. The van der Waals surface area contributed by atoms with Crippen molar-refractivity contribution in [2.45, 2.75) is 6.92 Å². The zero-order chi connectivity index (χ0) is 21.0. The van der Waals surface area contributed by atoms with Crippen molar-refractivity contribution in [2.24, 2.45) is 0 Å². The van der Waals surface area contributed by atoms with Crippen molar-refractivity contribution in [3.05, 3.63) is 59.0 Å². The van der Waals surface area contributed by atoms with Gasteiger partial charge in [-0.15, -0.1) is 0 Å². The maximum absolute atomic E-state index is 12.9. The molecule has 1 heterocycles. The van der Waals surface area contributed by atoms with Gasteiger partial charge in [-0.1, -0.05) is 36.1 Å². The van der Waals surface area contributed by atoms with Gasteiger partial charge in [0.1, 0.15) is 5.75 Å². The van der Waals surface area contributed by atoms with Crippen LogP contribution in [0.4, 0.5) is 11.4 Å². The first-order chi connectivity index (χ1) is 13.8. The lowest BCUT2D eigenvalue weighted by Gasteiger charge is -2.15. The highest BCUT2D eigenvalue weighted by Crippen LogP contribution is 2.36. The molecule has 0 spiro atoms. The molecule has 0 radical (unpaired) electrons. The molecule has 3 rings (SSSR count). The summed E-state index contributed by atoms with van der Waals surface area (Å²) in [5, 5.41) is 11.4. The lowest BCUT2D eigenvalue weighted by atomic mass is 10.2. The number of benzene rings is 2. The molecule has 1 saturated heterocycles. The van der Waals surface area contributed by atoms with Crippen LogP contribution in [0.5, 0.6) is 5.75 Å². The number of anilines is 2. The van der Waals surface area contributed by atoms with Crippen LogP contribution >= 0.6 is 24.0 Å². The van der Waals surface area contributed by atoms with Crippen LogP contribution in [0, 0.1) is 0 Å². The lowest BCUT2D eigenvalue weighted by molar-refractivity contribution is -0.139. The normalized spacial score (nSPS) is 14.9. The molecular formula is C20H16N2O5S2. The average molecular weight is 428 g/mol. The molecule has 1 fully saturated rings. The van der Waals surface area contributed by atoms with Crippen molar-refractivity contribution in [1.82, 2.24) is 0 Å². The maximum atomic E-state index is 12.9. The number of ether oxygens (including phenoxy) is 1. The van der Waals surface area contributed by atoms with Gasteiger partial charge in [0.15, 0.2) is 10.9 Å². The summed E-state index contributed by atoms with van der Waals surface area (Å²) in [5.74, 6) is -1.11. The van der Waals surface area contributed by atoms with E-state index in [-0.39, 0.29) is 11.8 Å².